The molecule has 0 aromatic rings. The van der Waals surface area contributed by atoms with Gasteiger partial charge in [-0.25, -0.2) is 0 Å². The Morgan fingerprint density at radius 1 is 1.21 bits per heavy atom. The molecule has 1 fully saturated rings. The van der Waals surface area contributed by atoms with Gasteiger partial charge in [0.15, 0.2) is 0 Å². The Hall–Kier alpha value is -0.0800. The van der Waals surface area contributed by atoms with E-state index in [1.165, 1.54) is 51.4 Å². The van der Waals surface area contributed by atoms with E-state index in [4.69, 9.17) is 9.84 Å². The molecule has 0 bridgehead atoms. The Bertz CT molecular complexity index is 129. The fourth-order valence-electron chi connectivity index (χ4n) is 2.42. The van der Waals surface area contributed by atoms with Crippen LogP contribution in [0.15, 0.2) is 0 Å². The molecule has 84 valence electrons. The van der Waals surface area contributed by atoms with Crippen LogP contribution >= 0.6 is 0 Å². The van der Waals surface area contributed by atoms with Crippen molar-refractivity contribution in [1.82, 2.24) is 0 Å². The van der Waals surface area contributed by atoms with Crippen LogP contribution in [0, 0.1) is 0 Å². The minimum Gasteiger partial charge on any atom is -0.394 e. The summed E-state index contributed by atoms with van der Waals surface area (Å²) in [6.07, 6.45) is 10.0. The first-order valence-electron chi connectivity index (χ1n) is 6.08. The normalized spacial score (nSPS) is 21.0. The van der Waals surface area contributed by atoms with Gasteiger partial charge in [-0.2, -0.15) is 0 Å². The van der Waals surface area contributed by atoms with E-state index in [0.717, 1.165) is 0 Å². The lowest BCUT2D eigenvalue weighted by molar-refractivity contribution is -0.0864. The first-order valence-corrected chi connectivity index (χ1v) is 6.08. The predicted molar refractivity (Wildman–Crippen MR) is 58.4 cm³/mol. The second-order valence-electron chi connectivity index (χ2n) is 4.42. The molecule has 0 radical (unpaired) electrons. The maximum Gasteiger partial charge on any atom is 0.0705 e. The van der Waals surface area contributed by atoms with E-state index in [1.54, 1.807) is 0 Å². The highest BCUT2D eigenvalue weighted by molar-refractivity contribution is 4.84. The van der Waals surface area contributed by atoms with E-state index in [2.05, 4.69) is 6.92 Å². The molecular formula is C12H24O2. The summed E-state index contributed by atoms with van der Waals surface area (Å²) in [6, 6.07) is 0. The SMILES string of the molecule is CCCCC1(OCCO)CCCCC1. The lowest BCUT2D eigenvalue weighted by Gasteiger charge is -2.37. The van der Waals surface area contributed by atoms with Crippen LogP contribution in [0.3, 0.4) is 0 Å². The number of ether oxygens (including phenoxy) is 1. The Kier molecular flexibility index (Phi) is 5.49. The first-order chi connectivity index (χ1) is 6.83. The zero-order chi connectivity index (χ0) is 10.3. The van der Waals surface area contributed by atoms with Crippen molar-refractivity contribution in [3.8, 4) is 0 Å². The zero-order valence-corrected chi connectivity index (χ0v) is 9.43. The van der Waals surface area contributed by atoms with Crippen LogP contribution in [0.4, 0.5) is 0 Å². The molecule has 1 saturated carbocycles. The minimum absolute atomic E-state index is 0.122. The number of hydrogen-bond acceptors (Lipinski definition) is 2. The molecule has 1 rings (SSSR count). The summed E-state index contributed by atoms with van der Waals surface area (Å²) >= 11 is 0. The number of aliphatic hydroxyl groups is 1. The van der Waals surface area contributed by atoms with Crippen LogP contribution in [0.2, 0.25) is 0 Å². The molecule has 1 aliphatic carbocycles. The Morgan fingerprint density at radius 2 is 1.93 bits per heavy atom. The van der Waals surface area contributed by atoms with Crippen molar-refractivity contribution in [2.24, 2.45) is 0 Å². The van der Waals surface area contributed by atoms with Gasteiger partial charge in [0.25, 0.3) is 0 Å². The van der Waals surface area contributed by atoms with Crippen molar-refractivity contribution in [2.45, 2.75) is 63.9 Å². The fourth-order valence-corrected chi connectivity index (χ4v) is 2.42. The molecular weight excluding hydrogens is 176 g/mol. The van der Waals surface area contributed by atoms with Crippen molar-refractivity contribution in [1.29, 1.82) is 0 Å². The maximum atomic E-state index is 8.81. The molecule has 0 aromatic carbocycles. The molecule has 0 unspecified atom stereocenters. The van der Waals surface area contributed by atoms with E-state index in [-0.39, 0.29) is 12.2 Å². The third-order valence-electron chi connectivity index (χ3n) is 3.25. The molecule has 0 aliphatic heterocycles. The molecule has 14 heavy (non-hydrogen) atoms. The summed E-state index contributed by atoms with van der Waals surface area (Å²) in [4.78, 5) is 0. The van der Waals surface area contributed by atoms with Crippen molar-refractivity contribution < 1.29 is 9.84 Å². The first kappa shape index (κ1) is 12.0. The lowest BCUT2D eigenvalue weighted by Crippen LogP contribution is -2.36. The monoisotopic (exact) mass is 200 g/mol. The van der Waals surface area contributed by atoms with E-state index in [9.17, 15) is 0 Å². The van der Waals surface area contributed by atoms with Crippen molar-refractivity contribution >= 4 is 0 Å². The van der Waals surface area contributed by atoms with Gasteiger partial charge in [0.05, 0.1) is 18.8 Å². The summed E-state index contributed by atoms with van der Waals surface area (Å²) in [5.74, 6) is 0. The van der Waals surface area contributed by atoms with Gasteiger partial charge < -0.3 is 9.84 Å². The third kappa shape index (κ3) is 3.58. The molecule has 0 spiro atoms. The van der Waals surface area contributed by atoms with E-state index >= 15 is 0 Å². The third-order valence-corrected chi connectivity index (χ3v) is 3.25. The van der Waals surface area contributed by atoms with Crippen LogP contribution in [0.25, 0.3) is 0 Å². The van der Waals surface area contributed by atoms with Crippen LogP contribution in [-0.4, -0.2) is 23.9 Å². The molecule has 2 heteroatoms. The fraction of sp³-hybridized carbons (Fsp3) is 1.00. The highest BCUT2D eigenvalue weighted by Gasteiger charge is 2.31. The van der Waals surface area contributed by atoms with Gasteiger partial charge >= 0.3 is 0 Å². The second kappa shape index (κ2) is 6.41. The van der Waals surface area contributed by atoms with E-state index in [1.807, 2.05) is 0 Å². The smallest absolute Gasteiger partial charge is 0.0705 e. The number of aliphatic hydroxyl groups excluding tert-OH is 1. The Morgan fingerprint density at radius 3 is 2.50 bits per heavy atom. The van der Waals surface area contributed by atoms with E-state index in [0.29, 0.717) is 6.61 Å². The largest absolute Gasteiger partial charge is 0.394 e. The van der Waals surface area contributed by atoms with Gasteiger partial charge in [-0.05, 0) is 19.3 Å². The van der Waals surface area contributed by atoms with Crippen LogP contribution < -0.4 is 0 Å². The highest BCUT2D eigenvalue weighted by Crippen LogP contribution is 2.35. The molecule has 0 saturated heterocycles. The number of unbranched alkanes of at least 4 members (excludes halogenated alkanes) is 1. The van der Waals surface area contributed by atoms with Crippen molar-refractivity contribution in [3.63, 3.8) is 0 Å². The molecule has 0 aromatic heterocycles. The molecule has 0 heterocycles. The van der Waals surface area contributed by atoms with Gasteiger partial charge in [-0.3, -0.25) is 0 Å². The lowest BCUT2D eigenvalue weighted by atomic mass is 9.81. The molecule has 1 N–H and O–H groups in total. The minimum atomic E-state index is 0.122. The zero-order valence-electron chi connectivity index (χ0n) is 9.43. The molecule has 2 nitrogen and oxygen atoms in total. The molecule has 0 amide bonds. The van der Waals surface area contributed by atoms with Crippen molar-refractivity contribution in [2.75, 3.05) is 13.2 Å². The van der Waals surface area contributed by atoms with Crippen LogP contribution in [0.1, 0.15) is 58.3 Å². The topological polar surface area (TPSA) is 29.5 Å². The average Bonchev–Trinajstić information content (AvgIpc) is 2.25. The van der Waals surface area contributed by atoms with Crippen LogP contribution in [-0.2, 0) is 4.74 Å². The summed E-state index contributed by atoms with van der Waals surface area (Å²) in [7, 11) is 0. The van der Waals surface area contributed by atoms with Gasteiger partial charge in [0.2, 0.25) is 0 Å². The quantitative estimate of drug-likeness (QED) is 0.714. The number of rotatable bonds is 6. The maximum absolute atomic E-state index is 8.81. The highest BCUT2D eigenvalue weighted by atomic mass is 16.5. The summed E-state index contributed by atoms with van der Waals surface area (Å²) in [5.41, 5.74) is 0.122. The van der Waals surface area contributed by atoms with Crippen molar-refractivity contribution in [3.05, 3.63) is 0 Å². The van der Waals surface area contributed by atoms with E-state index < -0.39 is 0 Å². The summed E-state index contributed by atoms with van der Waals surface area (Å²) < 4.78 is 5.87. The summed E-state index contributed by atoms with van der Waals surface area (Å²) in [6.45, 7) is 2.90. The standard InChI is InChI=1S/C12H24O2/c1-2-3-7-12(14-11-10-13)8-5-4-6-9-12/h13H,2-11H2,1H3. The Labute approximate surface area is 87.7 Å². The second-order valence-corrected chi connectivity index (χ2v) is 4.42. The van der Waals surface area contributed by atoms with Gasteiger partial charge in [0.1, 0.15) is 0 Å². The van der Waals surface area contributed by atoms with Gasteiger partial charge in [-0.1, -0.05) is 39.0 Å². The average molecular weight is 200 g/mol. The molecule has 0 atom stereocenters. The van der Waals surface area contributed by atoms with Gasteiger partial charge in [0, 0.05) is 0 Å². The van der Waals surface area contributed by atoms with Gasteiger partial charge in [-0.15, -0.1) is 0 Å². The molecule has 1 aliphatic rings. The van der Waals surface area contributed by atoms with Crippen LogP contribution in [0.5, 0.6) is 0 Å². The summed E-state index contributed by atoms with van der Waals surface area (Å²) in [5, 5.41) is 8.81. The Balaban J connectivity index is 2.39. The number of hydrogen-bond donors (Lipinski definition) is 1. The predicted octanol–water partition coefficient (Wildman–Crippen LogP) is 2.89.